The minimum atomic E-state index is 0.308. The van der Waals surface area contributed by atoms with Crippen LogP contribution in [0.2, 0.25) is 0 Å². The van der Waals surface area contributed by atoms with E-state index in [0.29, 0.717) is 24.1 Å². The van der Waals surface area contributed by atoms with E-state index in [1.54, 1.807) is 0 Å². The summed E-state index contributed by atoms with van der Waals surface area (Å²) in [5.41, 5.74) is 1.12. The van der Waals surface area contributed by atoms with Crippen molar-refractivity contribution in [2.75, 3.05) is 6.61 Å². The third-order valence-corrected chi connectivity index (χ3v) is 3.68. The average molecular weight is 248 g/mol. The van der Waals surface area contributed by atoms with E-state index >= 15 is 0 Å². The van der Waals surface area contributed by atoms with Crippen molar-refractivity contribution in [3.05, 3.63) is 30.1 Å². The quantitative estimate of drug-likeness (QED) is 0.889. The molecule has 1 aliphatic heterocycles. The van der Waals surface area contributed by atoms with Crippen molar-refractivity contribution < 1.29 is 4.74 Å². The number of nitrogens with zero attached hydrogens (tertiary/aromatic N) is 1. The molecule has 0 bridgehead atoms. The molecular formula is C15H24N2O. The van der Waals surface area contributed by atoms with Gasteiger partial charge in [0.25, 0.3) is 0 Å². The molecule has 1 aliphatic rings. The molecular weight excluding hydrogens is 224 g/mol. The number of hydrogen-bond donors (Lipinski definition) is 1. The van der Waals surface area contributed by atoms with Crippen LogP contribution < -0.4 is 5.32 Å². The van der Waals surface area contributed by atoms with Crippen molar-refractivity contribution in [2.24, 2.45) is 5.92 Å². The molecule has 0 saturated carbocycles. The van der Waals surface area contributed by atoms with Crippen LogP contribution in [0, 0.1) is 5.92 Å². The highest BCUT2D eigenvalue weighted by Gasteiger charge is 2.25. The summed E-state index contributed by atoms with van der Waals surface area (Å²) in [5.74, 6) is 0.597. The molecule has 1 fully saturated rings. The van der Waals surface area contributed by atoms with E-state index in [4.69, 9.17) is 4.74 Å². The van der Waals surface area contributed by atoms with E-state index in [1.165, 1.54) is 0 Å². The first-order valence-corrected chi connectivity index (χ1v) is 6.95. The molecule has 0 aromatic carbocycles. The second kappa shape index (κ2) is 6.30. The Morgan fingerprint density at radius 1 is 1.33 bits per heavy atom. The lowest BCUT2D eigenvalue weighted by atomic mass is 9.95. The molecule has 3 unspecified atom stereocenters. The SMILES string of the molecule is CC(NC1CCOC(C(C)C)C1)c1ccccn1. The first-order valence-electron chi connectivity index (χ1n) is 6.95. The Hall–Kier alpha value is -0.930. The maximum atomic E-state index is 5.80. The molecule has 0 aliphatic carbocycles. The molecule has 1 aromatic heterocycles. The topological polar surface area (TPSA) is 34.1 Å². The van der Waals surface area contributed by atoms with Crippen molar-refractivity contribution >= 4 is 0 Å². The second-order valence-corrected chi connectivity index (χ2v) is 5.52. The summed E-state index contributed by atoms with van der Waals surface area (Å²) >= 11 is 0. The third kappa shape index (κ3) is 3.53. The molecule has 0 amide bonds. The minimum absolute atomic E-state index is 0.308. The van der Waals surface area contributed by atoms with Gasteiger partial charge in [-0.05, 0) is 37.8 Å². The van der Waals surface area contributed by atoms with Gasteiger partial charge in [-0.2, -0.15) is 0 Å². The van der Waals surface area contributed by atoms with Gasteiger partial charge in [0.1, 0.15) is 0 Å². The summed E-state index contributed by atoms with van der Waals surface area (Å²) in [6, 6.07) is 6.93. The molecule has 2 heterocycles. The van der Waals surface area contributed by atoms with Gasteiger partial charge in [-0.15, -0.1) is 0 Å². The van der Waals surface area contributed by atoms with Crippen molar-refractivity contribution in [3.8, 4) is 0 Å². The fourth-order valence-electron chi connectivity index (χ4n) is 2.52. The zero-order valence-corrected chi connectivity index (χ0v) is 11.6. The number of nitrogens with one attached hydrogen (secondary N) is 1. The number of hydrogen-bond acceptors (Lipinski definition) is 3. The fourth-order valence-corrected chi connectivity index (χ4v) is 2.52. The number of aromatic nitrogens is 1. The molecule has 0 spiro atoms. The predicted molar refractivity (Wildman–Crippen MR) is 73.4 cm³/mol. The Labute approximate surface area is 110 Å². The monoisotopic (exact) mass is 248 g/mol. The zero-order chi connectivity index (χ0) is 13.0. The zero-order valence-electron chi connectivity index (χ0n) is 11.6. The smallest absolute Gasteiger partial charge is 0.0612 e. The lowest BCUT2D eigenvalue weighted by molar-refractivity contribution is -0.0257. The highest BCUT2D eigenvalue weighted by Crippen LogP contribution is 2.22. The molecule has 18 heavy (non-hydrogen) atoms. The molecule has 3 heteroatoms. The van der Waals surface area contributed by atoms with Gasteiger partial charge >= 0.3 is 0 Å². The van der Waals surface area contributed by atoms with Crippen LogP contribution in [0.1, 0.15) is 45.3 Å². The van der Waals surface area contributed by atoms with Crippen LogP contribution in [-0.2, 0) is 4.74 Å². The van der Waals surface area contributed by atoms with Crippen molar-refractivity contribution in [1.82, 2.24) is 10.3 Å². The largest absolute Gasteiger partial charge is 0.378 e. The lowest BCUT2D eigenvalue weighted by Crippen LogP contribution is -2.41. The average Bonchev–Trinajstić information content (AvgIpc) is 2.40. The van der Waals surface area contributed by atoms with Crippen molar-refractivity contribution in [1.29, 1.82) is 0 Å². The van der Waals surface area contributed by atoms with Crippen LogP contribution in [0.5, 0.6) is 0 Å². The number of pyridine rings is 1. The van der Waals surface area contributed by atoms with E-state index in [0.717, 1.165) is 25.1 Å². The second-order valence-electron chi connectivity index (χ2n) is 5.52. The van der Waals surface area contributed by atoms with Gasteiger partial charge in [0.2, 0.25) is 0 Å². The molecule has 100 valence electrons. The maximum absolute atomic E-state index is 5.80. The molecule has 0 radical (unpaired) electrons. The normalized spacial score (nSPS) is 26.2. The third-order valence-electron chi connectivity index (χ3n) is 3.68. The Kier molecular flexibility index (Phi) is 4.72. The van der Waals surface area contributed by atoms with Gasteiger partial charge < -0.3 is 10.1 Å². The highest BCUT2D eigenvalue weighted by atomic mass is 16.5. The summed E-state index contributed by atoms with van der Waals surface area (Å²) in [6.07, 6.45) is 4.45. The molecule has 2 rings (SSSR count). The first-order chi connectivity index (χ1) is 8.66. The Bertz CT molecular complexity index is 353. The maximum Gasteiger partial charge on any atom is 0.0612 e. The van der Waals surface area contributed by atoms with Gasteiger partial charge in [-0.1, -0.05) is 19.9 Å². The van der Waals surface area contributed by atoms with Crippen LogP contribution in [-0.4, -0.2) is 23.7 Å². The number of rotatable bonds is 4. The summed E-state index contributed by atoms with van der Waals surface area (Å²) in [7, 11) is 0. The van der Waals surface area contributed by atoms with Crippen LogP contribution in [0.3, 0.4) is 0 Å². The Balaban J connectivity index is 1.89. The molecule has 1 N–H and O–H groups in total. The Morgan fingerprint density at radius 2 is 2.17 bits per heavy atom. The van der Waals surface area contributed by atoms with Crippen LogP contribution in [0.25, 0.3) is 0 Å². The van der Waals surface area contributed by atoms with Crippen LogP contribution >= 0.6 is 0 Å². The molecule has 3 atom stereocenters. The summed E-state index contributed by atoms with van der Waals surface area (Å²) in [6.45, 7) is 7.52. The van der Waals surface area contributed by atoms with Crippen LogP contribution in [0.4, 0.5) is 0 Å². The van der Waals surface area contributed by atoms with Gasteiger partial charge in [0, 0.05) is 24.9 Å². The standard InChI is InChI=1S/C15H24N2O/c1-11(2)15-10-13(7-9-18-15)17-12(3)14-6-4-5-8-16-14/h4-6,8,11-13,15,17H,7,9-10H2,1-3H3. The van der Waals surface area contributed by atoms with Gasteiger partial charge in [0.05, 0.1) is 11.8 Å². The van der Waals surface area contributed by atoms with Gasteiger partial charge in [-0.25, -0.2) is 0 Å². The van der Waals surface area contributed by atoms with E-state index < -0.39 is 0 Å². The summed E-state index contributed by atoms with van der Waals surface area (Å²) in [5, 5.41) is 3.68. The van der Waals surface area contributed by atoms with Crippen molar-refractivity contribution in [3.63, 3.8) is 0 Å². The van der Waals surface area contributed by atoms with Gasteiger partial charge in [0.15, 0.2) is 0 Å². The van der Waals surface area contributed by atoms with Crippen molar-refractivity contribution in [2.45, 2.75) is 51.8 Å². The predicted octanol–water partition coefficient (Wildman–Crippen LogP) is 2.94. The first kappa shape index (κ1) is 13.5. The minimum Gasteiger partial charge on any atom is -0.378 e. The van der Waals surface area contributed by atoms with Crippen LogP contribution in [0.15, 0.2) is 24.4 Å². The molecule has 1 saturated heterocycles. The van der Waals surface area contributed by atoms with E-state index in [1.807, 2.05) is 18.3 Å². The van der Waals surface area contributed by atoms with E-state index in [9.17, 15) is 0 Å². The lowest BCUT2D eigenvalue weighted by Gasteiger charge is -2.34. The van der Waals surface area contributed by atoms with Gasteiger partial charge in [-0.3, -0.25) is 4.98 Å². The summed E-state index contributed by atoms with van der Waals surface area (Å²) in [4.78, 5) is 4.40. The fraction of sp³-hybridized carbons (Fsp3) is 0.667. The van der Waals surface area contributed by atoms with E-state index in [2.05, 4.69) is 37.1 Å². The molecule has 3 nitrogen and oxygen atoms in total. The summed E-state index contributed by atoms with van der Waals surface area (Å²) < 4.78 is 5.80. The molecule has 1 aromatic rings. The van der Waals surface area contributed by atoms with E-state index in [-0.39, 0.29) is 0 Å². The number of ether oxygens (including phenoxy) is 1. The highest BCUT2D eigenvalue weighted by molar-refractivity contribution is 5.08. The Morgan fingerprint density at radius 3 is 2.83 bits per heavy atom.